The average molecular weight is 540 g/mol. The second-order valence-electron chi connectivity index (χ2n) is 10.5. The summed E-state index contributed by atoms with van der Waals surface area (Å²) in [6.07, 6.45) is 3.94. The highest BCUT2D eigenvalue weighted by Crippen LogP contribution is 2.46. The molecule has 0 aliphatic carbocycles. The first-order valence-electron chi connectivity index (χ1n) is 14.0. The molecule has 0 saturated carbocycles. The van der Waals surface area contributed by atoms with Crippen LogP contribution in [0.2, 0.25) is 0 Å². The lowest BCUT2D eigenvalue weighted by Crippen LogP contribution is -2.31. The molecule has 0 spiro atoms. The van der Waals surface area contributed by atoms with E-state index in [-0.39, 0.29) is 17.7 Å². The summed E-state index contributed by atoms with van der Waals surface area (Å²) in [5.41, 5.74) is 6.42. The van der Waals surface area contributed by atoms with Crippen LogP contribution < -0.4 is 9.47 Å². The number of ether oxygens (including phenoxy) is 2. The largest absolute Gasteiger partial charge is 0.507 e. The molecule has 1 amide bonds. The van der Waals surface area contributed by atoms with Crippen molar-refractivity contribution in [3.8, 4) is 28.5 Å². The predicted molar refractivity (Wildman–Crippen MR) is 156 cm³/mol. The Bertz CT molecular complexity index is 1470. The Kier molecular flexibility index (Phi) is 8.10. The van der Waals surface area contributed by atoms with Crippen LogP contribution in [0.4, 0.5) is 0 Å². The molecule has 1 aliphatic heterocycles. The van der Waals surface area contributed by atoms with Crippen LogP contribution in [-0.2, 0) is 6.42 Å². The number of aryl methyl sites for hydroxylation is 2. The Hall–Kier alpha value is -4.26. The second kappa shape index (κ2) is 11.9. The Morgan fingerprint density at radius 1 is 1.02 bits per heavy atom. The van der Waals surface area contributed by atoms with Crippen LogP contribution in [-0.4, -0.2) is 46.4 Å². The lowest BCUT2D eigenvalue weighted by Gasteiger charge is -2.27. The van der Waals surface area contributed by atoms with Gasteiger partial charge in [-0.3, -0.25) is 9.89 Å². The Balaban J connectivity index is 1.54. The Labute approximate surface area is 235 Å². The highest BCUT2D eigenvalue weighted by atomic mass is 16.5. The Morgan fingerprint density at radius 2 is 1.82 bits per heavy atom. The van der Waals surface area contributed by atoms with Gasteiger partial charge >= 0.3 is 0 Å². The lowest BCUT2D eigenvalue weighted by molar-refractivity contribution is 0.0745. The molecule has 4 aromatic rings. The van der Waals surface area contributed by atoms with Crippen molar-refractivity contribution in [3.05, 3.63) is 94.2 Å². The van der Waals surface area contributed by atoms with Crippen molar-refractivity contribution in [2.75, 3.05) is 20.3 Å². The van der Waals surface area contributed by atoms with E-state index < -0.39 is 0 Å². The van der Waals surface area contributed by atoms with Gasteiger partial charge in [0.1, 0.15) is 28.6 Å². The van der Waals surface area contributed by atoms with E-state index in [2.05, 4.69) is 17.1 Å². The van der Waals surface area contributed by atoms with E-state index in [1.165, 1.54) is 0 Å². The van der Waals surface area contributed by atoms with Gasteiger partial charge in [-0.15, -0.1) is 0 Å². The van der Waals surface area contributed by atoms with Crippen LogP contribution >= 0.6 is 0 Å². The minimum absolute atomic E-state index is 0.106. The van der Waals surface area contributed by atoms with Gasteiger partial charge in [0.15, 0.2) is 0 Å². The minimum atomic E-state index is -0.381. The number of phenolic OH excluding ortho intramolecular Hbond substituents is 1. The number of amides is 1. The van der Waals surface area contributed by atoms with E-state index in [0.29, 0.717) is 36.5 Å². The fourth-order valence-corrected chi connectivity index (χ4v) is 5.58. The molecule has 7 nitrogen and oxygen atoms in total. The highest BCUT2D eigenvalue weighted by molar-refractivity contribution is 6.00. The molecule has 1 atom stereocenters. The molecule has 1 aliphatic rings. The number of aromatic hydroxyl groups is 1. The van der Waals surface area contributed by atoms with Gasteiger partial charge in [-0.2, -0.15) is 5.10 Å². The van der Waals surface area contributed by atoms with Crippen molar-refractivity contribution in [1.82, 2.24) is 15.1 Å². The van der Waals surface area contributed by atoms with Gasteiger partial charge in [0.05, 0.1) is 19.8 Å². The summed E-state index contributed by atoms with van der Waals surface area (Å²) in [5, 5.41) is 18.5. The highest BCUT2D eigenvalue weighted by Gasteiger charge is 2.42. The standard InChI is InChI=1S/C33H37N3O4/c1-5-6-7-17-40-26-10-8-9-24(20-26)32-29-30(28-22(3)18-21(2)19-27(28)37)34-35-31(29)33(38)36(32)16-15-23-11-13-25(39-4)14-12-23/h8-14,18-20,32,37H,5-7,15-17H2,1-4H3,(H,34,35). The summed E-state index contributed by atoms with van der Waals surface area (Å²) in [7, 11) is 1.65. The number of unbranched alkanes of at least 4 members (excludes halogenated alkanes) is 2. The first-order chi connectivity index (χ1) is 19.4. The van der Waals surface area contributed by atoms with Gasteiger partial charge < -0.3 is 19.5 Å². The maximum Gasteiger partial charge on any atom is 0.273 e. The number of aromatic nitrogens is 2. The molecule has 7 heteroatoms. The zero-order chi connectivity index (χ0) is 28.2. The molecule has 0 saturated heterocycles. The number of nitrogens with zero attached hydrogens (tertiary/aromatic N) is 2. The van der Waals surface area contributed by atoms with Crippen LogP contribution in [0, 0.1) is 13.8 Å². The minimum Gasteiger partial charge on any atom is -0.507 e. The topological polar surface area (TPSA) is 87.7 Å². The fourth-order valence-electron chi connectivity index (χ4n) is 5.58. The molecule has 1 aromatic heterocycles. The molecule has 2 N–H and O–H groups in total. The monoisotopic (exact) mass is 539 g/mol. The van der Waals surface area contributed by atoms with E-state index in [1.54, 1.807) is 13.2 Å². The van der Waals surface area contributed by atoms with E-state index in [4.69, 9.17) is 9.47 Å². The third kappa shape index (κ3) is 5.41. The number of methoxy groups -OCH3 is 1. The summed E-state index contributed by atoms with van der Waals surface area (Å²) in [6, 6.07) is 19.3. The van der Waals surface area contributed by atoms with E-state index in [0.717, 1.165) is 58.6 Å². The maximum atomic E-state index is 13.8. The number of carbonyl (C=O) groups is 1. The zero-order valence-corrected chi connectivity index (χ0v) is 23.7. The van der Waals surface area contributed by atoms with Gasteiger partial charge in [0, 0.05) is 17.7 Å². The lowest BCUT2D eigenvalue weighted by atomic mass is 9.93. The normalized spacial score (nSPS) is 14.4. The number of carbonyl (C=O) groups excluding carboxylic acids is 1. The maximum absolute atomic E-state index is 13.8. The molecule has 0 radical (unpaired) electrons. The Morgan fingerprint density at radius 3 is 2.55 bits per heavy atom. The van der Waals surface area contributed by atoms with E-state index >= 15 is 0 Å². The molecule has 0 fully saturated rings. The number of H-pyrrole nitrogens is 1. The number of hydrogen-bond acceptors (Lipinski definition) is 5. The van der Waals surface area contributed by atoms with Crippen molar-refractivity contribution in [2.24, 2.45) is 0 Å². The number of hydrogen-bond donors (Lipinski definition) is 2. The van der Waals surface area contributed by atoms with E-state index in [1.807, 2.05) is 73.3 Å². The molecule has 0 bridgehead atoms. The number of phenols is 1. The van der Waals surface area contributed by atoms with E-state index in [9.17, 15) is 9.90 Å². The van der Waals surface area contributed by atoms with Gasteiger partial charge in [-0.1, -0.05) is 50.1 Å². The summed E-state index contributed by atoms with van der Waals surface area (Å²) >= 11 is 0. The van der Waals surface area contributed by atoms with Crippen molar-refractivity contribution in [1.29, 1.82) is 0 Å². The number of aromatic amines is 1. The second-order valence-corrected chi connectivity index (χ2v) is 10.5. The van der Waals surface area contributed by atoms with Gasteiger partial charge in [0.25, 0.3) is 5.91 Å². The summed E-state index contributed by atoms with van der Waals surface area (Å²) in [4.78, 5) is 15.7. The van der Waals surface area contributed by atoms with Crippen LogP contribution in [0.3, 0.4) is 0 Å². The number of rotatable bonds is 11. The van der Waals surface area contributed by atoms with Crippen LogP contribution in [0.1, 0.15) is 70.5 Å². The predicted octanol–water partition coefficient (Wildman–Crippen LogP) is 6.76. The smallest absolute Gasteiger partial charge is 0.273 e. The fraction of sp³-hybridized carbons (Fsp3) is 0.333. The van der Waals surface area contributed by atoms with Crippen LogP contribution in [0.5, 0.6) is 17.2 Å². The number of fused-ring (bicyclic) bond motifs is 1. The zero-order valence-electron chi connectivity index (χ0n) is 23.7. The quantitative estimate of drug-likeness (QED) is 0.206. The summed E-state index contributed by atoms with van der Waals surface area (Å²) < 4.78 is 11.4. The van der Waals surface area contributed by atoms with Crippen molar-refractivity contribution < 1.29 is 19.4 Å². The third-order valence-corrected chi connectivity index (χ3v) is 7.55. The first-order valence-corrected chi connectivity index (χ1v) is 14.0. The van der Waals surface area contributed by atoms with Crippen LogP contribution in [0.25, 0.3) is 11.3 Å². The third-order valence-electron chi connectivity index (χ3n) is 7.55. The van der Waals surface area contributed by atoms with Gasteiger partial charge in [-0.25, -0.2) is 0 Å². The molecule has 2 heterocycles. The molecule has 1 unspecified atom stereocenters. The molecular formula is C33H37N3O4. The average Bonchev–Trinajstić information content (AvgIpc) is 3.48. The van der Waals surface area contributed by atoms with Crippen molar-refractivity contribution in [2.45, 2.75) is 52.5 Å². The summed E-state index contributed by atoms with van der Waals surface area (Å²) in [5.74, 6) is 1.63. The first kappa shape index (κ1) is 27.3. The molecule has 3 aromatic carbocycles. The number of benzene rings is 3. The molecular weight excluding hydrogens is 502 g/mol. The molecule has 208 valence electrons. The molecule has 40 heavy (non-hydrogen) atoms. The van der Waals surface area contributed by atoms with Gasteiger partial charge in [-0.05, 0) is 79.3 Å². The van der Waals surface area contributed by atoms with Crippen LogP contribution in [0.15, 0.2) is 60.7 Å². The van der Waals surface area contributed by atoms with Gasteiger partial charge in [0.2, 0.25) is 0 Å². The number of nitrogens with one attached hydrogen (secondary N) is 1. The SMILES string of the molecule is CCCCCOc1cccc(C2c3c(-c4c(C)cc(C)cc4O)n[nH]c3C(=O)N2CCc2ccc(OC)cc2)c1. The van der Waals surface area contributed by atoms with Crippen molar-refractivity contribution in [3.63, 3.8) is 0 Å². The van der Waals surface area contributed by atoms with Crippen molar-refractivity contribution >= 4 is 5.91 Å². The molecule has 5 rings (SSSR count). The summed E-state index contributed by atoms with van der Waals surface area (Å²) in [6.45, 7) is 7.25.